The van der Waals surface area contributed by atoms with Crippen LogP contribution in [0.1, 0.15) is 5.56 Å². The summed E-state index contributed by atoms with van der Waals surface area (Å²) in [6, 6.07) is 18.4. The lowest BCUT2D eigenvalue weighted by atomic mass is 10.2. The molecule has 126 valence electrons. The summed E-state index contributed by atoms with van der Waals surface area (Å²) < 4.78 is 0. The van der Waals surface area contributed by atoms with Crippen LogP contribution in [0.15, 0.2) is 65.6 Å². The molecule has 0 unspecified atom stereocenters. The molecule has 1 fully saturated rings. The summed E-state index contributed by atoms with van der Waals surface area (Å²) in [5.74, 6) is -0.761. The maximum atomic E-state index is 12.5. The Morgan fingerprint density at radius 2 is 1.64 bits per heavy atom. The van der Waals surface area contributed by atoms with Crippen LogP contribution < -0.4 is 4.90 Å². The lowest BCUT2D eigenvalue weighted by molar-refractivity contribution is -0.128. The fourth-order valence-electron chi connectivity index (χ4n) is 2.37. The van der Waals surface area contributed by atoms with E-state index in [1.54, 1.807) is 25.3 Å². The van der Waals surface area contributed by atoms with E-state index in [1.807, 2.05) is 48.5 Å². The minimum Gasteiger partial charge on any atom is -0.314 e. The van der Waals surface area contributed by atoms with Gasteiger partial charge in [-0.2, -0.15) is 0 Å². The molecule has 25 heavy (non-hydrogen) atoms. The molecule has 3 amide bonds. The van der Waals surface area contributed by atoms with E-state index in [4.69, 9.17) is 0 Å². The van der Waals surface area contributed by atoms with E-state index in [0.717, 1.165) is 22.2 Å². The van der Waals surface area contributed by atoms with Crippen molar-refractivity contribution in [2.75, 3.05) is 18.5 Å². The molecule has 0 N–H and O–H groups in total. The molecule has 0 aromatic heterocycles. The van der Waals surface area contributed by atoms with Crippen LogP contribution in [0.4, 0.5) is 10.5 Å². The van der Waals surface area contributed by atoms with Crippen molar-refractivity contribution in [2.24, 2.45) is 0 Å². The molecule has 1 saturated heterocycles. The summed E-state index contributed by atoms with van der Waals surface area (Å²) in [4.78, 5) is 39.8. The lowest BCUT2D eigenvalue weighted by Crippen LogP contribution is -2.40. The second-order valence-corrected chi connectivity index (χ2v) is 6.46. The Bertz CT molecular complexity index is 834. The zero-order valence-electron chi connectivity index (χ0n) is 13.6. The first kappa shape index (κ1) is 17.0. The SMILES string of the molecule is CN(C(=O)CN1C(=O)S/C(=C/c2ccccc2)C1=O)c1ccccc1. The van der Waals surface area contributed by atoms with Crippen molar-refractivity contribution in [3.05, 3.63) is 71.1 Å². The fourth-order valence-corrected chi connectivity index (χ4v) is 3.21. The molecule has 1 aliphatic heterocycles. The first-order valence-electron chi connectivity index (χ1n) is 7.68. The number of likely N-dealkylation sites (N-methyl/N-ethyl adjacent to an activating group) is 1. The Hall–Kier alpha value is -2.86. The number of amides is 3. The van der Waals surface area contributed by atoms with Crippen molar-refractivity contribution < 1.29 is 14.4 Å². The highest BCUT2D eigenvalue weighted by atomic mass is 32.2. The van der Waals surface area contributed by atoms with Crippen LogP contribution in [-0.4, -0.2) is 35.5 Å². The highest BCUT2D eigenvalue weighted by Gasteiger charge is 2.36. The second kappa shape index (κ2) is 7.36. The summed E-state index contributed by atoms with van der Waals surface area (Å²) in [7, 11) is 1.62. The van der Waals surface area contributed by atoms with Gasteiger partial charge in [-0.25, -0.2) is 0 Å². The number of carbonyl (C=O) groups is 3. The minimum atomic E-state index is -0.436. The van der Waals surface area contributed by atoms with Gasteiger partial charge in [-0.15, -0.1) is 0 Å². The molecule has 2 aromatic carbocycles. The van der Waals surface area contributed by atoms with Crippen LogP contribution in [0.2, 0.25) is 0 Å². The highest BCUT2D eigenvalue weighted by Crippen LogP contribution is 2.32. The van der Waals surface area contributed by atoms with Crippen molar-refractivity contribution >= 4 is 40.6 Å². The Labute approximate surface area is 149 Å². The number of hydrogen-bond acceptors (Lipinski definition) is 4. The van der Waals surface area contributed by atoms with Crippen molar-refractivity contribution in [1.82, 2.24) is 4.90 Å². The van der Waals surface area contributed by atoms with Gasteiger partial charge in [-0.05, 0) is 35.5 Å². The molecule has 0 aliphatic carbocycles. The van der Waals surface area contributed by atoms with Gasteiger partial charge in [0.15, 0.2) is 0 Å². The van der Waals surface area contributed by atoms with E-state index in [0.29, 0.717) is 10.6 Å². The molecule has 5 nitrogen and oxygen atoms in total. The number of rotatable bonds is 4. The summed E-state index contributed by atoms with van der Waals surface area (Å²) >= 11 is 0.854. The topological polar surface area (TPSA) is 57.7 Å². The molecule has 0 atom stereocenters. The zero-order chi connectivity index (χ0) is 17.8. The van der Waals surface area contributed by atoms with Crippen molar-refractivity contribution in [1.29, 1.82) is 0 Å². The third-order valence-electron chi connectivity index (χ3n) is 3.78. The van der Waals surface area contributed by atoms with Crippen LogP contribution in [0.5, 0.6) is 0 Å². The Morgan fingerprint density at radius 3 is 2.28 bits per heavy atom. The van der Waals surface area contributed by atoms with Gasteiger partial charge in [0.1, 0.15) is 6.54 Å². The molecule has 0 radical (unpaired) electrons. The number of benzene rings is 2. The van der Waals surface area contributed by atoms with Gasteiger partial charge in [-0.3, -0.25) is 19.3 Å². The number of anilines is 1. The number of thioether (sulfide) groups is 1. The molecule has 0 bridgehead atoms. The largest absolute Gasteiger partial charge is 0.314 e. The van der Waals surface area contributed by atoms with Crippen LogP contribution in [0, 0.1) is 0 Å². The average Bonchev–Trinajstić information content (AvgIpc) is 2.90. The lowest BCUT2D eigenvalue weighted by Gasteiger charge is -2.20. The molecular formula is C19H16N2O3S. The van der Waals surface area contributed by atoms with E-state index in [1.165, 1.54) is 4.90 Å². The number of carbonyl (C=O) groups excluding carboxylic acids is 3. The first-order chi connectivity index (χ1) is 12.1. The molecule has 3 rings (SSSR count). The van der Waals surface area contributed by atoms with Crippen LogP contribution in [0.25, 0.3) is 6.08 Å². The summed E-state index contributed by atoms with van der Waals surface area (Å²) in [6.07, 6.45) is 1.66. The van der Waals surface area contributed by atoms with Gasteiger partial charge in [-0.1, -0.05) is 48.5 Å². The normalized spacial score (nSPS) is 15.7. The van der Waals surface area contributed by atoms with Gasteiger partial charge >= 0.3 is 0 Å². The zero-order valence-corrected chi connectivity index (χ0v) is 14.4. The molecule has 6 heteroatoms. The number of para-hydroxylation sites is 1. The molecule has 1 heterocycles. The Morgan fingerprint density at radius 1 is 1.04 bits per heavy atom. The fraction of sp³-hybridized carbons (Fsp3) is 0.105. The van der Waals surface area contributed by atoms with Gasteiger partial charge in [0, 0.05) is 12.7 Å². The maximum Gasteiger partial charge on any atom is 0.294 e. The van der Waals surface area contributed by atoms with Crippen molar-refractivity contribution in [2.45, 2.75) is 0 Å². The molecular weight excluding hydrogens is 336 g/mol. The number of imide groups is 1. The average molecular weight is 352 g/mol. The Balaban J connectivity index is 1.73. The molecule has 2 aromatic rings. The van der Waals surface area contributed by atoms with Gasteiger partial charge < -0.3 is 4.90 Å². The maximum absolute atomic E-state index is 12.5. The number of hydrogen-bond donors (Lipinski definition) is 0. The summed E-state index contributed by atoms with van der Waals surface area (Å²) in [5, 5.41) is -0.429. The van der Waals surface area contributed by atoms with Gasteiger partial charge in [0.2, 0.25) is 5.91 Å². The van der Waals surface area contributed by atoms with E-state index in [-0.39, 0.29) is 12.5 Å². The third-order valence-corrected chi connectivity index (χ3v) is 4.69. The van der Waals surface area contributed by atoms with E-state index < -0.39 is 11.1 Å². The Kier molecular flexibility index (Phi) is 5.00. The number of nitrogens with zero attached hydrogens (tertiary/aromatic N) is 2. The standard InChI is InChI=1S/C19H16N2O3S/c1-20(15-10-6-3-7-11-15)17(22)13-21-18(23)16(25-19(21)24)12-14-8-4-2-5-9-14/h2-12H,13H2,1H3/b16-12+. The van der Waals surface area contributed by atoms with Gasteiger partial charge in [0.25, 0.3) is 11.1 Å². The molecule has 1 aliphatic rings. The summed E-state index contributed by atoms with van der Waals surface area (Å²) in [5.41, 5.74) is 1.54. The first-order valence-corrected chi connectivity index (χ1v) is 8.50. The van der Waals surface area contributed by atoms with Crippen molar-refractivity contribution in [3.63, 3.8) is 0 Å². The van der Waals surface area contributed by atoms with Crippen LogP contribution in [0.3, 0.4) is 0 Å². The predicted octanol–water partition coefficient (Wildman–Crippen LogP) is 3.39. The molecule has 0 saturated carbocycles. The van der Waals surface area contributed by atoms with Crippen molar-refractivity contribution in [3.8, 4) is 0 Å². The van der Waals surface area contributed by atoms with E-state index in [2.05, 4.69) is 0 Å². The third kappa shape index (κ3) is 3.80. The van der Waals surface area contributed by atoms with Crippen LogP contribution >= 0.6 is 11.8 Å². The smallest absolute Gasteiger partial charge is 0.294 e. The van der Waals surface area contributed by atoms with Gasteiger partial charge in [0.05, 0.1) is 4.91 Å². The molecule has 0 spiro atoms. The predicted molar refractivity (Wildman–Crippen MR) is 99.0 cm³/mol. The minimum absolute atomic E-state index is 0.276. The van der Waals surface area contributed by atoms with E-state index >= 15 is 0 Å². The summed E-state index contributed by atoms with van der Waals surface area (Å²) in [6.45, 7) is -0.276. The second-order valence-electron chi connectivity index (χ2n) is 5.47. The monoisotopic (exact) mass is 352 g/mol. The quantitative estimate of drug-likeness (QED) is 0.792. The van der Waals surface area contributed by atoms with Crippen LogP contribution in [-0.2, 0) is 9.59 Å². The highest BCUT2D eigenvalue weighted by molar-refractivity contribution is 8.18. The van der Waals surface area contributed by atoms with E-state index in [9.17, 15) is 14.4 Å².